The smallest absolute Gasteiger partial charge is 0.312 e. The van der Waals surface area contributed by atoms with Gasteiger partial charge >= 0.3 is 12.2 Å². The molecule has 0 unspecified atom stereocenters. The lowest BCUT2D eigenvalue weighted by molar-refractivity contribution is -0.117. The number of hydrogen-bond acceptors (Lipinski definition) is 12. The van der Waals surface area contributed by atoms with Gasteiger partial charge in [0.05, 0.1) is 19.3 Å². The molecule has 276 valence electrons. The second kappa shape index (κ2) is 15.6. The minimum absolute atomic E-state index is 0.0476. The lowest BCUT2D eigenvalue weighted by atomic mass is 9.87. The number of aromatic nitrogens is 8. The number of fused-ring (bicyclic) bond motifs is 2. The van der Waals surface area contributed by atoms with Crippen molar-refractivity contribution in [3.8, 4) is 24.7 Å². The van der Waals surface area contributed by atoms with E-state index >= 15 is 0 Å². The number of carbonyl (C=O) groups is 2. The SMILES string of the molecule is C#C[C@]1(CC)O[C@@H](n2cnc3c(NC(=O)CCC)nc(F)nc32)C[C@@H]1C.C#C[C@]1(CO)O[C@@H](n2cnc3c(NC(=O)CCC)nc(F)nc32)C[C@@H]1O. The van der Waals surface area contributed by atoms with Gasteiger partial charge in [0.2, 0.25) is 11.8 Å². The van der Waals surface area contributed by atoms with E-state index in [-0.39, 0.29) is 59.0 Å². The zero-order chi connectivity index (χ0) is 37.8. The summed E-state index contributed by atoms with van der Waals surface area (Å²) in [5, 5.41) is 24.7. The summed E-state index contributed by atoms with van der Waals surface area (Å²) < 4.78 is 42.6. The maximum absolute atomic E-state index is 14.0. The Morgan fingerprint density at radius 3 is 1.71 bits per heavy atom. The highest BCUT2D eigenvalue weighted by Gasteiger charge is 2.48. The Labute approximate surface area is 297 Å². The van der Waals surface area contributed by atoms with E-state index in [4.69, 9.17) is 22.3 Å². The summed E-state index contributed by atoms with van der Waals surface area (Å²) in [6.45, 7) is 7.17. The molecule has 18 heteroatoms. The number of ether oxygens (including phenoxy) is 2. The van der Waals surface area contributed by atoms with Gasteiger partial charge in [-0.3, -0.25) is 18.7 Å². The predicted octanol–water partition coefficient (Wildman–Crippen LogP) is 3.39. The number of rotatable bonds is 10. The summed E-state index contributed by atoms with van der Waals surface area (Å²) in [6, 6.07) is 0. The fourth-order valence-corrected chi connectivity index (χ4v) is 6.24. The largest absolute Gasteiger partial charge is 0.392 e. The first-order chi connectivity index (χ1) is 24.9. The maximum atomic E-state index is 14.0. The minimum Gasteiger partial charge on any atom is -0.392 e. The Morgan fingerprint density at radius 2 is 1.33 bits per heavy atom. The second-order valence-corrected chi connectivity index (χ2v) is 12.5. The van der Waals surface area contributed by atoms with Crippen LogP contribution in [0.3, 0.4) is 0 Å². The fourth-order valence-electron chi connectivity index (χ4n) is 6.24. The number of aliphatic hydroxyl groups excluding tert-OH is 2. The molecule has 0 radical (unpaired) electrons. The number of aliphatic hydroxyl groups is 2. The van der Waals surface area contributed by atoms with Gasteiger partial charge in [-0.1, -0.05) is 39.5 Å². The Morgan fingerprint density at radius 1 is 0.865 bits per heavy atom. The molecule has 0 aliphatic carbocycles. The summed E-state index contributed by atoms with van der Waals surface area (Å²) in [6.07, 6.45) is 12.9. The molecule has 16 nitrogen and oxygen atoms in total. The third-order valence-electron chi connectivity index (χ3n) is 9.13. The van der Waals surface area contributed by atoms with E-state index < -0.39 is 48.5 Å². The molecule has 0 aromatic carbocycles. The molecule has 4 aromatic rings. The van der Waals surface area contributed by atoms with Crippen LogP contribution in [0.5, 0.6) is 0 Å². The number of terminal acetylenes is 2. The molecule has 6 rings (SSSR count). The van der Waals surface area contributed by atoms with Gasteiger partial charge < -0.3 is 30.3 Å². The van der Waals surface area contributed by atoms with Crippen LogP contribution in [-0.2, 0) is 19.1 Å². The van der Waals surface area contributed by atoms with Gasteiger partial charge in [0.15, 0.2) is 39.6 Å². The maximum Gasteiger partial charge on any atom is 0.312 e. The zero-order valence-corrected chi connectivity index (χ0v) is 29.1. The summed E-state index contributed by atoms with van der Waals surface area (Å²) in [7, 11) is 0. The molecule has 4 N–H and O–H groups in total. The Balaban J connectivity index is 0.000000201. The predicted molar refractivity (Wildman–Crippen MR) is 183 cm³/mol. The second-order valence-electron chi connectivity index (χ2n) is 12.5. The molecule has 0 spiro atoms. The van der Waals surface area contributed by atoms with E-state index in [1.54, 1.807) is 4.57 Å². The summed E-state index contributed by atoms with van der Waals surface area (Å²) in [5.74, 6) is 4.61. The van der Waals surface area contributed by atoms with E-state index in [0.29, 0.717) is 37.6 Å². The van der Waals surface area contributed by atoms with Crippen molar-refractivity contribution < 1.29 is 38.1 Å². The first-order valence-electron chi connectivity index (χ1n) is 16.9. The van der Waals surface area contributed by atoms with Gasteiger partial charge in [-0.05, 0) is 25.7 Å². The van der Waals surface area contributed by atoms with Gasteiger partial charge in [-0.15, -0.1) is 12.8 Å². The van der Waals surface area contributed by atoms with Crippen molar-refractivity contribution >= 4 is 45.8 Å². The van der Waals surface area contributed by atoms with E-state index in [2.05, 4.69) is 52.4 Å². The van der Waals surface area contributed by atoms with Crippen LogP contribution in [0.15, 0.2) is 12.7 Å². The van der Waals surface area contributed by atoms with Crippen molar-refractivity contribution in [2.24, 2.45) is 5.92 Å². The van der Waals surface area contributed by atoms with Crippen molar-refractivity contribution in [2.75, 3.05) is 17.2 Å². The average Bonchev–Trinajstić information content (AvgIpc) is 3.88. The molecule has 0 bridgehead atoms. The Hall–Kier alpha value is -5.14. The lowest BCUT2D eigenvalue weighted by Gasteiger charge is -2.25. The minimum atomic E-state index is -1.55. The van der Waals surface area contributed by atoms with E-state index in [1.807, 2.05) is 27.7 Å². The molecular weight excluding hydrogens is 682 g/mol. The quantitative estimate of drug-likeness (QED) is 0.137. The molecule has 2 fully saturated rings. The number of nitrogens with one attached hydrogen (secondary N) is 2. The Bertz CT molecular complexity index is 1900. The number of anilines is 2. The number of carbonyl (C=O) groups excluding carboxylic acids is 2. The molecule has 6 heterocycles. The first kappa shape index (κ1) is 38.1. The van der Waals surface area contributed by atoms with Crippen LogP contribution in [0.4, 0.5) is 20.4 Å². The van der Waals surface area contributed by atoms with E-state index in [9.17, 15) is 28.6 Å². The first-order valence-corrected chi connectivity index (χ1v) is 16.9. The lowest BCUT2D eigenvalue weighted by Crippen LogP contribution is -2.41. The van der Waals surface area contributed by atoms with Gasteiger partial charge in [0, 0.05) is 25.2 Å². The molecule has 6 atom stereocenters. The van der Waals surface area contributed by atoms with Crippen LogP contribution in [0.1, 0.15) is 85.1 Å². The van der Waals surface area contributed by atoms with Gasteiger partial charge in [0.1, 0.15) is 24.2 Å². The van der Waals surface area contributed by atoms with Gasteiger partial charge in [-0.25, -0.2) is 9.97 Å². The molecule has 52 heavy (non-hydrogen) atoms. The van der Waals surface area contributed by atoms with Gasteiger partial charge in [-0.2, -0.15) is 28.7 Å². The van der Waals surface area contributed by atoms with Crippen LogP contribution in [0.25, 0.3) is 22.3 Å². The molecule has 4 aromatic heterocycles. The summed E-state index contributed by atoms with van der Waals surface area (Å²) in [5.41, 5.74) is -1.37. The van der Waals surface area contributed by atoms with Crippen molar-refractivity contribution in [3.05, 3.63) is 24.8 Å². The summed E-state index contributed by atoms with van der Waals surface area (Å²) in [4.78, 5) is 46.9. The van der Waals surface area contributed by atoms with Crippen LogP contribution < -0.4 is 10.6 Å². The molecule has 2 aliphatic heterocycles. The third-order valence-corrected chi connectivity index (χ3v) is 9.13. The normalized spacial score (nSPS) is 25.3. The van der Waals surface area contributed by atoms with E-state index in [0.717, 1.165) is 0 Å². The van der Waals surface area contributed by atoms with Gasteiger partial charge in [0.25, 0.3) is 0 Å². The number of imidazole rings is 2. The molecule has 2 aliphatic rings. The monoisotopic (exact) mass is 722 g/mol. The molecule has 2 amide bonds. The number of halogens is 2. The highest BCUT2D eigenvalue weighted by Crippen LogP contribution is 2.44. The Kier molecular flexibility index (Phi) is 11.4. The fraction of sp³-hybridized carbons (Fsp3) is 0.529. The molecule has 0 saturated carbocycles. The van der Waals surface area contributed by atoms with Crippen molar-refractivity contribution in [1.29, 1.82) is 0 Å². The molecular formula is C34H40F2N10O6. The van der Waals surface area contributed by atoms with Crippen LogP contribution in [0, 0.1) is 42.8 Å². The number of hydrogen-bond donors (Lipinski definition) is 4. The zero-order valence-electron chi connectivity index (χ0n) is 29.1. The van der Waals surface area contributed by atoms with Crippen LogP contribution in [-0.4, -0.2) is 85.0 Å². The molecule has 2 saturated heterocycles. The van der Waals surface area contributed by atoms with Crippen LogP contribution in [0.2, 0.25) is 0 Å². The van der Waals surface area contributed by atoms with Crippen LogP contribution >= 0.6 is 0 Å². The van der Waals surface area contributed by atoms with Crippen molar-refractivity contribution in [3.63, 3.8) is 0 Å². The number of nitrogens with zero attached hydrogens (tertiary/aromatic N) is 8. The topological polar surface area (TPSA) is 204 Å². The van der Waals surface area contributed by atoms with Crippen molar-refractivity contribution in [1.82, 2.24) is 39.0 Å². The average molecular weight is 723 g/mol. The van der Waals surface area contributed by atoms with Crippen molar-refractivity contribution in [2.45, 2.75) is 102 Å². The standard InChI is InChI=1S/C18H22FN5O2.C16H18FN5O4/c1-5-8-12(25)21-15-14-16(23-17(19)22-15)24(10-20-14)13-9-11(4)18(6-2,7-3)26-13;1-3-5-10(25)19-13-12-14(21-15(17)20-13)22(8-18-12)11-6-9(24)16(4-2,7-23)26-11/h2,10-11,13H,5,7-9H2,1,3-4H3,(H,21,22,23,25);2,8-9,11,23-24H,3,5-7H2,1H3,(H,19,20,21,25)/t11-,13+,18+;9-,11+,16+/m00/s1. The third kappa shape index (κ3) is 7.28. The van der Waals surface area contributed by atoms with E-state index in [1.165, 1.54) is 17.2 Å². The summed E-state index contributed by atoms with van der Waals surface area (Å²) >= 11 is 0. The number of amides is 2. The highest BCUT2D eigenvalue weighted by atomic mass is 19.1. The highest BCUT2D eigenvalue weighted by molar-refractivity contribution is 5.97.